The Bertz CT molecular complexity index is 994. The molecule has 0 bridgehead atoms. The minimum atomic E-state index is -0.995. The summed E-state index contributed by atoms with van der Waals surface area (Å²) >= 11 is 12.5. The molecule has 1 saturated heterocycles. The zero-order valence-corrected chi connectivity index (χ0v) is 20.9. The molecule has 1 amide bonds. The molecule has 0 radical (unpaired) electrons. The molecule has 0 aromatic heterocycles. The van der Waals surface area contributed by atoms with Crippen LogP contribution in [0.5, 0.6) is 0 Å². The first-order valence-electron chi connectivity index (χ1n) is 11.2. The molecule has 33 heavy (non-hydrogen) atoms. The number of methoxy groups -OCH3 is 1. The number of benzene rings is 2. The quantitative estimate of drug-likeness (QED) is 0.498. The van der Waals surface area contributed by atoms with Gasteiger partial charge in [-0.2, -0.15) is 0 Å². The molecule has 1 N–H and O–H groups in total. The summed E-state index contributed by atoms with van der Waals surface area (Å²) in [6.07, 6.45) is 0.194. The minimum absolute atomic E-state index is 0.0422. The molecule has 1 fully saturated rings. The summed E-state index contributed by atoms with van der Waals surface area (Å²) in [5.41, 5.74) is 0.888. The molecule has 0 aliphatic carbocycles. The first kappa shape index (κ1) is 25.5. The smallest absolute Gasteiger partial charge is 0.306 e. The summed E-state index contributed by atoms with van der Waals surface area (Å²) < 4.78 is 4.93. The first-order valence-corrected chi connectivity index (χ1v) is 12.0. The molecular weight excluding hydrogens is 461 g/mol. The largest absolute Gasteiger partial charge is 0.469 e. The van der Waals surface area contributed by atoms with E-state index in [2.05, 4.69) is 0 Å². The predicted octanol–water partition coefficient (Wildman–Crippen LogP) is 5.78. The van der Waals surface area contributed by atoms with E-state index in [4.69, 9.17) is 27.9 Å². The fourth-order valence-electron chi connectivity index (χ4n) is 5.07. The number of carbonyl (C=O) groups excluding carboxylic acids is 2. The van der Waals surface area contributed by atoms with Crippen LogP contribution in [0.15, 0.2) is 48.5 Å². The van der Waals surface area contributed by atoms with E-state index in [1.165, 1.54) is 7.11 Å². The molecule has 2 aromatic carbocycles. The Morgan fingerprint density at radius 3 is 2.39 bits per heavy atom. The van der Waals surface area contributed by atoms with Crippen LogP contribution in [0, 0.1) is 5.41 Å². The van der Waals surface area contributed by atoms with Crippen molar-refractivity contribution in [2.45, 2.75) is 64.1 Å². The molecule has 2 aromatic rings. The Morgan fingerprint density at radius 1 is 1.18 bits per heavy atom. The van der Waals surface area contributed by atoms with Crippen LogP contribution in [-0.4, -0.2) is 41.1 Å². The van der Waals surface area contributed by atoms with E-state index in [-0.39, 0.29) is 24.3 Å². The summed E-state index contributed by atoms with van der Waals surface area (Å²) in [4.78, 5) is 28.2. The van der Waals surface area contributed by atoms with Gasteiger partial charge in [-0.1, -0.05) is 61.3 Å². The van der Waals surface area contributed by atoms with Gasteiger partial charge in [-0.3, -0.25) is 9.59 Å². The van der Waals surface area contributed by atoms with Gasteiger partial charge in [0.15, 0.2) is 0 Å². The standard InChI is InChI=1S/C26H31Cl2NO4/c1-5-22(16(2)30)29-24(17-9-11-19(27)12-10-17)21(18-7-6-8-20(28)13-18)14-26(3,25(29)32)15-23(31)33-4/h6-13,16,21-22,24,30H,5,14-15H2,1-4H3/t16?,21?,22?,24-,26-/m1/s1. The molecule has 178 valence electrons. The highest BCUT2D eigenvalue weighted by molar-refractivity contribution is 6.30. The Balaban J connectivity index is 2.24. The highest BCUT2D eigenvalue weighted by Crippen LogP contribution is 2.52. The van der Waals surface area contributed by atoms with E-state index in [9.17, 15) is 14.7 Å². The van der Waals surface area contributed by atoms with Gasteiger partial charge in [0.1, 0.15) is 0 Å². The fourth-order valence-corrected chi connectivity index (χ4v) is 5.40. The minimum Gasteiger partial charge on any atom is -0.469 e. The molecule has 3 rings (SSSR count). The molecule has 5 atom stereocenters. The number of nitrogens with zero attached hydrogens (tertiary/aromatic N) is 1. The molecule has 1 aliphatic rings. The average molecular weight is 492 g/mol. The van der Waals surface area contributed by atoms with E-state index in [0.717, 1.165) is 11.1 Å². The van der Waals surface area contributed by atoms with E-state index < -0.39 is 23.5 Å². The molecule has 7 heteroatoms. The number of hydrogen-bond donors (Lipinski definition) is 1. The first-order chi connectivity index (χ1) is 15.6. The number of carbonyl (C=O) groups is 2. The summed E-state index contributed by atoms with van der Waals surface area (Å²) in [5, 5.41) is 11.9. The molecular formula is C26H31Cl2NO4. The van der Waals surface area contributed by atoms with Crippen molar-refractivity contribution in [2.24, 2.45) is 5.41 Å². The van der Waals surface area contributed by atoms with Crippen molar-refractivity contribution in [2.75, 3.05) is 7.11 Å². The third-order valence-corrected chi connectivity index (χ3v) is 7.17. The highest BCUT2D eigenvalue weighted by atomic mass is 35.5. The summed E-state index contributed by atoms with van der Waals surface area (Å²) in [6.45, 7) is 5.45. The van der Waals surface area contributed by atoms with Gasteiger partial charge >= 0.3 is 5.97 Å². The maximum atomic E-state index is 14.1. The number of aliphatic hydroxyl groups is 1. The lowest BCUT2D eigenvalue weighted by Crippen LogP contribution is -2.58. The maximum Gasteiger partial charge on any atom is 0.306 e. The van der Waals surface area contributed by atoms with Gasteiger partial charge in [0.05, 0.1) is 37.1 Å². The number of amides is 1. The van der Waals surface area contributed by atoms with Crippen LogP contribution in [0.2, 0.25) is 10.0 Å². The second-order valence-electron chi connectivity index (χ2n) is 9.10. The van der Waals surface area contributed by atoms with Crippen molar-refractivity contribution in [3.63, 3.8) is 0 Å². The predicted molar refractivity (Wildman–Crippen MR) is 130 cm³/mol. The van der Waals surface area contributed by atoms with Crippen LogP contribution in [0.25, 0.3) is 0 Å². The lowest BCUT2D eigenvalue weighted by Gasteiger charge is -2.52. The van der Waals surface area contributed by atoms with E-state index in [0.29, 0.717) is 22.9 Å². The van der Waals surface area contributed by atoms with E-state index in [1.807, 2.05) is 50.2 Å². The maximum absolute atomic E-state index is 14.1. The van der Waals surface area contributed by atoms with Gasteiger partial charge in [-0.25, -0.2) is 0 Å². The van der Waals surface area contributed by atoms with E-state index in [1.54, 1.807) is 24.0 Å². The van der Waals surface area contributed by atoms with E-state index >= 15 is 0 Å². The lowest BCUT2D eigenvalue weighted by molar-refractivity contribution is -0.164. The van der Waals surface area contributed by atoms with Crippen molar-refractivity contribution >= 4 is 35.1 Å². The zero-order chi connectivity index (χ0) is 24.3. The lowest BCUT2D eigenvalue weighted by atomic mass is 9.67. The topological polar surface area (TPSA) is 66.8 Å². The molecule has 5 nitrogen and oxygen atoms in total. The monoisotopic (exact) mass is 491 g/mol. The van der Waals surface area contributed by atoms with Crippen LogP contribution in [0.3, 0.4) is 0 Å². The fraction of sp³-hybridized carbons (Fsp3) is 0.462. The Kier molecular flexibility index (Phi) is 8.09. The number of hydrogen-bond acceptors (Lipinski definition) is 4. The normalized spacial score (nSPS) is 24.9. The van der Waals surface area contributed by atoms with Crippen LogP contribution >= 0.6 is 23.2 Å². The number of likely N-dealkylation sites (tertiary alicyclic amines) is 1. The number of halogens is 2. The van der Waals surface area contributed by atoms with Gasteiger partial charge in [0.2, 0.25) is 5.91 Å². The Hall–Kier alpha value is -2.08. The van der Waals surface area contributed by atoms with Crippen molar-refractivity contribution in [3.05, 3.63) is 69.7 Å². The molecule has 1 heterocycles. The van der Waals surface area contributed by atoms with Gasteiger partial charge in [-0.05, 0) is 55.2 Å². The van der Waals surface area contributed by atoms with Gasteiger partial charge in [0.25, 0.3) is 0 Å². The molecule has 0 saturated carbocycles. The summed E-state index contributed by atoms with van der Waals surface area (Å²) in [5.74, 6) is -0.769. The van der Waals surface area contributed by atoms with Crippen LogP contribution < -0.4 is 0 Å². The molecule has 3 unspecified atom stereocenters. The summed E-state index contributed by atoms with van der Waals surface area (Å²) in [6, 6.07) is 14.3. The third-order valence-electron chi connectivity index (χ3n) is 6.69. The highest BCUT2D eigenvalue weighted by Gasteiger charge is 2.52. The van der Waals surface area contributed by atoms with Crippen molar-refractivity contribution in [1.29, 1.82) is 0 Å². The second kappa shape index (κ2) is 10.5. The van der Waals surface area contributed by atoms with Crippen LogP contribution in [0.4, 0.5) is 0 Å². The second-order valence-corrected chi connectivity index (χ2v) is 9.98. The van der Waals surface area contributed by atoms with Gasteiger partial charge < -0.3 is 14.7 Å². The number of esters is 1. The SMILES string of the molecule is CCC(C(C)O)N1C(=O)[C@@](C)(CC(=O)OC)CC(c2cccc(Cl)c2)[C@H]1c1ccc(Cl)cc1. The van der Waals surface area contributed by atoms with Crippen molar-refractivity contribution < 1.29 is 19.4 Å². The number of ether oxygens (including phenoxy) is 1. The van der Waals surface area contributed by atoms with Gasteiger partial charge in [-0.15, -0.1) is 0 Å². The number of piperidine rings is 1. The Labute approximate surface area is 205 Å². The molecule has 0 spiro atoms. The average Bonchev–Trinajstić information content (AvgIpc) is 2.77. The summed E-state index contributed by atoms with van der Waals surface area (Å²) in [7, 11) is 1.33. The number of aliphatic hydroxyl groups excluding tert-OH is 1. The van der Waals surface area contributed by atoms with Gasteiger partial charge in [0, 0.05) is 16.0 Å². The van der Waals surface area contributed by atoms with Crippen LogP contribution in [0.1, 0.15) is 63.1 Å². The Morgan fingerprint density at radius 2 is 1.85 bits per heavy atom. The number of rotatable bonds is 7. The van der Waals surface area contributed by atoms with Crippen molar-refractivity contribution in [1.82, 2.24) is 4.90 Å². The van der Waals surface area contributed by atoms with Crippen LogP contribution in [-0.2, 0) is 14.3 Å². The molecule has 1 aliphatic heterocycles. The third kappa shape index (κ3) is 5.37. The van der Waals surface area contributed by atoms with Crippen molar-refractivity contribution in [3.8, 4) is 0 Å². The zero-order valence-electron chi connectivity index (χ0n) is 19.4.